The first-order valence-corrected chi connectivity index (χ1v) is 7.80. The first-order chi connectivity index (χ1) is 9.34. The molecular weight excluding hydrogens is 270 g/mol. The smallest absolute Gasteiger partial charge is 0.0982 e. The molecule has 0 aromatic carbocycles. The summed E-state index contributed by atoms with van der Waals surface area (Å²) in [5, 5.41) is 14.9. The highest BCUT2D eigenvalue weighted by Crippen LogP contribution is 2.25. The van der Waals surface area contributed by atoms with Crippen LogP contribution < -0.4 is 5.32 Å². The highest BCUT2D eigenvalue weighted by Gasteiger charge is 2.18. The highest BCUT2D eigenvalue weighted by molar-refractivity contribution is 7.09. The van der Waals surface area contributed by atoms with Crippen molar-refractivity contribution in [1.82, 2.24) is 25.3 Å². The number of nitrogens with zero attached hydrogens (tertiary/aromatic N) is 4. The molecule has 0 saturated carbocycles. The lowest BCUT2D eigenvalue weighted by Crippen LogP contribution is -2.21. The maximum Gasteiger partial charge on any atom is 0.0982 e. The van der Waals surface area contributed by atoms with Gasteiger partial charge in [-0.3, -0.25) is 0 Å². The number of aromatic nitrogens is 4. The molecule has 2 heterocycles. The summed E-state index contributed by atoms with van der Waals surface area (Å²) in [5.74, 6) is 0. The van der Waals surface area contributed by atoms with Crippen molar-refractivity contribution in [2.75, 3.05) is 0 Å². The minimum Gasteiger partial charge on any atom is -0.309 e. The van der Waals surface area contributed by atoms with E-state index < -0.39 is 0 Å². The molecule has 1 N–H and O–H groups in total. The van der Waals surface area contributed by atoms with E-state index in [2.05, 4.69) is 60.6 Å². The van der Waals surface area contributed by atoms with Gasteiger partial charge in [-0.25, -0.2) is 9.67 Å². The summed E-state index contributed by atoms with van der Waals surface area (Å²) in [7, 11) is 0. The van der Waals surface area contributed by atoms with Crippen LogP contribution >= 0.6 is 11.3 Å². The Balaban J connectivity index is 1.98. The normalized spacial score (nSPS) is 12.3. The molecule has 5 nitrogen and oxygen atoms in total. The topological polar surface area (TPSA) is 55.6 Å². The summed E-state index contributed by atoms with van der Waals surface area (Å²) >= 11 is 1.71. The predicted octanol–water partition coefficient (Wildman–Crippen LogP) is 2.58. The second kappa shape index (κ2) is 6.01. The van der Waals surface area contributed by atoms with E-state index in [0.717, 1.165) is 22.9 Å². The molecule has 2 aromatic rings. The Hall–Kier alpha value is -1.27. The fraction of sp³-hybridized carbons (Fsp3) is 0.643. The van der Waals surface area contributed by atoms with Gasteiger partial charge in [-0.05, 0) is 0 Å². The Morgan fingerprint density at radius 2 is 2.05 bits per heavy atom. The van der Waals surface area contributed by atoms with Crippen molar-refractivity contribution < 1.29 is 0 Å². The van der Waals surface area contributed by atoms with Crippen molar-refractivity contribution >= 4 is 11.3 Å². The van der Waals surface area contributed by atoms with Crippen LogP contribution in [0.5, 0.6) is 0 Å². The lowest BCUT2D eigenvalue weighted by Gasteiger charge is -2.13. The summed E-state index contributed by atoms with van der Waals surface area (Å²) in [6.07, 6.45) is 1.98. The monoisotopic (exact) mass is 293 g/mol. The van der Waals surface area contributed by atoms with E-state index in [1.165, 1.54) is 0 Å². The molecule has 0 bridgehead atoms. The number of rotatable bonds is 5. The van der Waals surface area contributed by atoms with E-state index in [0.29, 0.717) is 12.6 Å². The van der Waals surface area contributed by atoms with Gasteiger partial charge in [0.15, 0.2) is 0 Å². The molecule has 0 aliphatic rings. The third kappa shape index (κ3) is 4.11. The van der Waals surface area contributed by atoms with Gasteiger partial charge in [0.1, 0.15) is 0 Å². The molecular formula is C14H23N5S. The number of hydrogen-bond donors (Lipinski definition) is 1. The average Bonchev–Trinajstić information content (AvgIpc) is 2.95. The lowest BCUT2D eigenvalue weighted by atomic mass is 9.98. The Morgan fingerprint density at radius 1 is 1.30 bits per heavy atom. The first kappa shape index (κ1) is 15.1. The molecule has 0 amide bonds. The van der Waals surface area contributed by atoms with Gasteiger partial charge in [0.05, 0.1) is 29.1 Å². The van der Waals surface area contributed by atoms with E-state index in [1.807, 2.05) is 10.9 Å². The number of nitrogens with one attached hydrogen (secondary N) is 1. The van der Waals surface area contributed by atoms with Crippen LogP contribution in [0, 0.1) is 0 Å². The van der Waals surface area contributed by atoms with Crippen molar-refractivity contribution in [3.63, 3.8) is 0 Å². The van der Waals surface area contributed by atoms with Gasteiger partial charge in [-0.1, -0.05) is 39.8 Å². The molecule has 0 saturated heterocycles. The largest absolute Gasteiger partial charge is 0.309 e. The van der Waals surface area contributed by atoms with Crippen LogP contribution in [0.4, 0.5) is 0 Å². The van der Waals surface area contributed by atoms with E-state index in [9.17, 15) is 0 Å². The molecule has 0 spiro atoms. The molecule has 2 aromatic heterocycles. The van der Waals surface area contributed by atoms with Gasteiger partial charge in [0.2, 0.25) is 0 Å². The predicted molar refractivity (Wildman–Crippen MR) is 81.9 cm³/mol. The summed E-state index contributed by atoms with van der Waals surface area (Å²) < 4.78 is 1.85. The zero-order valence-corrected chi connectivity index (χ0v) is 13.7. The number of hydrogen-bond acceptors (Lipinski definition) is 5. The Bertz CT molecular complexity index is 550. The fourth-order valence-electron chi connectivity index (χ4n) is 1.70. The summed E-state index contributed by atoms with van der Waals surface area (Å²) in [6.45, 7) is 12.2. The minimum absolute atomic E-state index is 0.109. The molecule has 0 unspecified atom stereocenters. The van der Waals surface area contributed by atoms with Crippen LogP contribution in [0.2, 0.25) is 0 Å². The van der Waals surface area contributed by atoms with Crippen molar-refractivity contribution in [2.24, 2.45) is 0 Å². The molecule has 6 heteroatoms. The van der Waals surface area contributed by atoms with E-state index in [1.54, 1.807) is 11.3 Å². The van der Waals surface area contributed by atoms with Gasteiger partial charge in [-0.15, -0.1) is 16.4 Å². The zero-order chi connectivity index (χ0) is 14.8. The van der Waals surface area contributed by atoms with Crippen LogP contribution in [0.15, 0.2) is 11.6 Å². The third-order valence-electron chi connectivity index (χ3n) is 2.79. The molecule has 0 aliphatic heterocycles. The maximum atomic E-state index is 4.67. The van der Waals surface area contributed by atoms with Crippen molar-refractivity contribution in [2.45, 2.75) is 59.2 Å². The van der Waals surface area contributed by atoms with Gasteiger partial charge in [0, 0.05) is 23.4 Å². The highest BCUT2D eigenvalue weighted by atomic mass is 32.1. The third-order valence-corrected chi connectivity index (χ3v) is 4.11. The average molecular weight is 293 g/mol. The second-order valence-electron chi connectivity index (χ2n) is 6.34. The minimum atomic E-state index is 0.109. The van der Waals surface area contributed by atoms with E-state index in [4.69, 9.17) is 0 Å². The quantitative estimate of drug-likeness (QED) is 0.920. The van der Waals surface area contributed by atoms with Gasteiger partial charge in [-0.2, -0.15) is 0 Å². The molecule has 20 heavy (non-hydrogen) atoms. The molecule has 0 radical (unpaired) electrons. The Labute approximate surface area is 124 Å². The van der Waals surface area contributed by atoms with Crippen LogP contribution in [0.3, 0.4) is 0 Å². The van der Waals surface area contributed by atoms with Crippen molar-refractivity contribution in [3.8, 4) is 0 Å². The van der Waals surface area contributed by atoms with Crippen LogP contribution in [-0.2, 0) is 18.5 Å². The molecule has 0 atom stereocenters. The molecule has 110 valence electrons. The summed E-state index contributed by atoms with van der Waals surface area (Å²) in [6, 6.07) is 0.452. The van der Waals surface area contributed by atoms with Crippen molar-refractivity contribution in [1.29, 1.82) is 0 Å². The fourth-order valence-corrected chi connectivity index (χ4v) is 2.59. The maximum absolute atomic E-state index is 4.67. The van der Waals surface area contributed by atoms with Crippen LogP contribution in [0.25, 0.3) is 0 Å². The summed E-state index contributed by atoms with van der Waals surface area (Å²) in [5.41, 5.74) is 2.12. The Kier molecular flexibility index (Phi) is 4.55. The lowest BCUT2D eigenvalue weighted by molar-refractivity contribution is 0.576. The van der Waals surface area contributed by atoms with E-state index in [-0.39, 0.29) is 5.41 Å². The van der Waals surface area contributed by atoms with Crippen LogP contribution in [-0.4, -0.2) is 26.0 Å². The summed E-state index contributed by atoms with van der Waals surface area (Å²) in [4.78, 5) is 4.67. The Morgan fingerprint density at radius 3 is 2.65 bits per heavy atom. The zero-order valence-electron chi connectivity index (χ0n) is 12.8. The van der Waals surface area contributed by atoms with Crippen LogP contribution in [0.1, 0.15) is 51.0 Å². The SMILES string of the molecule is CC(C)NCc1cn(Cc2csc(C(C)(C)C)n2)nn1. The molecule has 2 rings (SSSR count). The van der Waals surface area contributed by atoms with Gasteiger partial charge < -0.3 is 5.32 Å². The molecule has 0 fully saturated rings. The standard InChI is InChI=1S/C14H23N5S/c1-10(2)15-6-11-7-19(18-17-11)8-12-9-20-13(16-12)14(3,4)5/h7,9-10,15H,6,8H2,1-5H3. The molecule has 0 aliphatic carbocycles. The second-order valence-corrected chi connectivity index (χ2v) is 7.20. The van der Waals surface area contributed by atoms with Crippen molar-refractivity contribution in [3.05, 3.63) is 28.0 Å². The first-order valence-electron chi connectivity index (χ1n) is 6.92. The van der Waals surface area contributed by atoms with Gasteiger partial charge in [0.25, 0.3) is 0 Å². The van der Waals surface area contributed by atoms with E-state index >= 15 is 0 Å². The number of thiazole rings is 1. The van der Waals surface area contributed by atoms with Gasteiger partial charge >= 0.3 is 0 Å².